The van der Waals surface area contributed by atoms with Crippen LogP contribution in [0, 0.1) is 11.7 Å². The Labute approximate surface area is 107 Å². The minimum absolute atomic E-state index is 0.0170. The van der Waals surface area contributed by atoms with Crippen LogP contribution in [0.15, 0.2) is 18.2 Å². The van der Waals surface area contributed by atoms with E-state index >= 15 is 0 Å². The van der Waals surface area contributed by atoms with E-state index in [1.165, 1.54) is 6.07 Å². The molecule has 0 saturated carbocycles. The maximum Gasteiger partial charge on any atom is 0.131 e. The van der Waals surface area contributed by atoms with Gasteiger partial charge in [0, 0.05) is 30.2 Å². The molecule has 0 spiro atoms. The molecule has 1 N–H and O–H groups in total. The largest absolute Gasteiger partial charge is 0.497 e. The fraction of sp³-hybridized carbons (Fsp3) is 0.571. The molecular formula is C14H20FNO2. The molecule has 0 aliphatic carbocycles. The lowest BCUT2D eigenvalue weighted by Gasteiger charge is -2.24. The van der Waals surface area contributed by atoms with Crippen molar-refractivity contribution >= 4 is 0 Å². The highest BCUT2D eigenvalue weighted by molar-refractivity contribution is 5.31. The van der Waals surface area contributed by atoms with Crippen molar-refractivity contribution in [1.29, 1.82) is 0 Å². The minimum Gasteiger partial charge on any atom is -0.497 e. The van der Waals surface area contributed by atoms with E-state index in [-0.39, 0.29) is 11.9 Å². The molecule has 18 heavy (non-hydrogen) atoms. The van der Waals surface area contributed by atoms with E-state index in [9.17, 15) is 4.39 Å². The molecule has 0 amide bonds. The first kappa shape index (κ1) is 13.3. The quantitative estimate of drug-likeness (QED) is 0.874. The third-order valence-corrected chi connectivity index (χ3v) is 3.40. The van der Waals surface area contributed by atoms with Crippen molar-refractivity contribution in [3.8, 4) is 5.75 Å². The molecule has 1 aromatic carbocycles. The van der Waals surface area contributed by atoms with Gasteiger partial charge in [-0.15, -0.1) is 0 Å². The number of halogens is 1. The van der Waals surface area contributed by atoms with Crippen LogP contribution in [-0.4, -0.2) is 26.9 Å². The molecule has 0 radical (unpaired) electrons. The number of ether oxygens (including phenoxy) is 2. The summed E-state index contributed by atoms with van der Waals surface area (Å²) in [6.45, 7) is 4.31. The Hall–Kier alpha value is -1.13. The van der Waals surface area contributed by atoms with Crippen molar-refractivity contribution < 1.29 is 13.9 Å². The van der Waals surface area contributed by atoms with Crippen molar-refractivity contribution in [2.75, 3.05) is 26.9 Å². The van der Waals surface area contributed by atoms with Crippen LogP contribution in [0.1, 0.15) is 24.9 Å². The zero-order chi connectivity index (χ0) is 13.0. The van der Waals surface area contributed by atoms with Gasteiger partial charge < -0.3 is 14.8 Å². The molecule has 3 nitrogen and oxygen atoms in total. The number of hydrogen-bond acceptors (Lipinski definition) is 3. The predicted octanol–water partition coefficient (Wildman–Crippen LogP) is 2.52. The van der Waals surface area contributed by atoms with Crippen LogP contribution in [-0.2, 0) is 4.74 Å². The van der Waals surface area contributed by atoms with Gasteiger partial charge in [0.1, 0.15) is 11.6 Å². The summed E-state index contributed by atoms with van der Waals surface area (Å²) in [6, 6.07) is 5.07. The summed E-state index contributed by atoms with van der Waals surface area (Å²) in [7, 11) is 1.54. The molecule has 0 bridgehead atoms. The van der Waals surface area contributed by atoms with Crippen LogP contribution < -0.4 is 10.1 Å². The SMILES string of the molecule is CCNC(c1ccc(OC)cc1F)C1CCOC1. The van der Waals surface area contributed by atoms with E-state index in [0.29, 0.717) is 23.8 Å². The summed E-state index contributed by atoms with van der Waals surface area (Å²) >= 11 is 0. The second kappa shape index (κ2) is 6.16. The third kappa shape index (κ3) is 2.82. The van der Waals surface area contributed by atoms with Crippen LogP contribution in [0.2, 0.25) is 0 Å². The maximum atomic E-state index is 14.1. The highest BCUT2D eigenvalue weighted by atomic mass is 19.1. The van der Waals surface area contributed by atoms with E-state index in [0.717, 1.165) is 19.6 Å². The second-order valence-corrected chi connectivity index (χ2v) is 4.55. The first-order chi connectivity index (χ1) is 8.76. The van der Waals surface area contributed by atoms with Crippen molar-refractivity contribution in [3.05, 3.63) is 29.6 Å². The average Bonchev–Trinajstić information content (AvgIpc) is 2.90. The number of nitrogens with one attached hydrogen (secondary N) is 1. The molecule has 1 aliphatic rings. The predicted molar refractivity (Wildman–Crippen MR) is 68.3 cm³/mol. The molecule has 1 saturated heterocycles. The summed E-state index contributed by atoms with van der Waals surface area (Å²) in [6.07, 6.45) is 0.975. The van der Waals surface area contributed by atoms with Crippen LogP contribution >= 0.6 is 0 Å². The van der Waals surface area contributed by atoms with E-state index in [1.54, 1.807) is 19.2 Å². The van der Waals surface area contributed by atoms with Crippen molar-refractivity contribution in [2.24, 2.45) is 5.92 Å². The Kier molecular flexibility index (Phi) is 4.55. The van der Waals surface area contributed by atoms with Gasteiger partial charge in [-0.1, -0.05) is 13.0 Å². The highest BCUT2D eigenvalue weighted by Gasteiger charge is 2.28. The van der Waals surface area contributed by atoms with Gasteiger partial charge >= 0.3 is 0 Å². The second-order valence-electron chi connectivity index (χ2n) is 4.55. The number of methoxy groups -OCH3 is 1. The molecule has 1 heterocycles. The molecule has 2 rings (SSSR count). The van der Waals surface area contributed by atoms with Gasteiger partial charge in [-0.05, 0) is 19.0 Å². The van der Waals surface area contributed by atoms with Crippen LogP contribution in [0.4, 0.5) is 4.39 Å². The summed E-state index contributed by atoms with van der Waals surface area (Å²) in [5, 5.41) is 3.36. The van der Waals surface area contributed by atoms with Gasteiger partial charge in [-0.3, -0.25) is 0 Å². The summed E-state index contributed by atoms with van der Waals surface area (Å²) in [5.74, 6) is 0.675. The van der Waals surface area contributed by atoms with Gasteiger partial charge in [0.15, 0.2) is 0 Å². The van der Waals surface area contributed by atoms with Crippen molar-refractivity contribution in [3.63, 3.8) is 0 Å². The number of rotatable bonds is 5. The maximum absolute atomic E-state index is 14.1. The molecule has 1 fully saturated rings. The molecular weight excluding hydrogens is 233 g/mol. The average molecular weight is 253 g/mol. The van der Waals surface area contributed by atoms with Gasteiger partial charge in [-0.2, -0.15) is 0 Å². The number of hydrogen-bond donors (Lipinski definition) is 1. The molecule has 1 aromatic rings. The molecule has 2 atom stereocenters. The van der Waals surface area contributed by atoms with Crippen molar-refractivity contribution in [1.82, 2.24) is 5.32 Å². The van der Waals surface area contributed by atoms with Crippen LogP contribution in [0.25, 0.3) is 0 Å². The summed E-state index contributed by atoms with van der Waals surface area (Å²) < 4.78 is 24.5. The Morgan fingerprint density at radius 3 is 2.94 bits per heavy atom. The Bertz CT molecular complexity index is 391. The first-order valence-electron chi connectivity index (χ1n) is 6.40. The molecule has 1 aliphatic heterocycles. The lowest BCUT2D eigenvalue weighted by molar-refractivity contribution is 0.176. The molecule has 100 valence electrons. The van der Waals surface area contributed by atoms with E-state index in [2.05, 4.69) is 5.32 Å². The standard InChI is InChI=1S/C14H20FNO2/c1-3-16-14(10-6-7-18-9-10)12-5-4-11(17-2)8-13(12)15/h4-5,8,10,14,16H,3,6-7,9H2,1-2H3. The first-order valence-corrected chi connectivity index (χ1v) is 6.40. The van der Waals surface area contributed by atoms with Crippen molar-refractivity contribution in [2.45, 2.75) is 19.4 Å². The number of benzene rings is 1. The monoisotopic (exact) mass is 253 g/mol. The fourth-order valence-corrected chi connectivity index (χ4v) is 2.45. The smallest absolute Gasteiger partial charge is 0.131 e. The minimum atomic E-state index is -0.216. The normalized spacial score (nSPS) is 20.9. The van der Waals surface area contributed by atoms with Gasteiger partial charge in [0.05, 0.1) is 13.7 Å². The van der Waals surface area contributed by atoms with E-state index in [1.807, 2.05) is 6.92 Å². The Morgan fingerprint density at radius 1 is 1.56 bits per heavy atom. The molecule has 2 unspecified atom stereocenters. The lowest BCUT2D eigenvalue weighted by Crippen LogP contribution is -2.29. The topological polar surface area (TPSA) is 30.5 Å². The lowest BCUT2D eigenvalue weighted by atomic mass is 9.92. The van der Waals surface area contributed by atoms with Gasteiger partial charge in [0.2, 0.25) is 0 Å². The molecule has 0 aromatic heterocycles. The van der Waals surface area contributed by atoms with Crippen LogP contribution in [0.5, 0.6) is 5.75 Å². The Balaban J connectivity index is 2.23. The Morgan fingerprint density at radius 2 is 2.39 bits per heavy atom. The van der Waals surface area contributed by atoms with E-state index in [4.69, 9.17) is 9.47 Å². The van der Waals surface area contributed by atoms with Gasteiger partial charge in [-0.25, -0.2) is 4.39 Å². The summed E-state index contributed by atoms with van der Waals surface area (Å²) in [5.41, 5.74) is 0.702. The zero-order valence-electron chi connectivity index (χ0n) is 10.9. The van der Waals surface area contributed by atoms with E-state index < -0.39 is 0 Å². The van der Waals surface area contributed by atoms with Crippen LogP contribution in [0.3, 0.4) is 0 Å². The fourth-order valence-electron chi connectivity index (χ4n) is 2.45. The zero-order valence-corrected chi connectivity index (χ0v) is 10.9. The molecule has 4 heteroatoms. The third-order valence-electron chi connectivity index (χ3n) is 3.40. The summed E-state index contributed by atoms with van der Waals surface area (Å²) in [4.78, 5) is 0. The highest BCUT2D eigenvalue weighted by Crippen LogP contribution is 2.31. The van der Waals surface area contributed by atoms with Gasteiger partial charge in [0.25, 0.3) is 0 Å².